The highest BCUT2D eigenvalue weighted by atomic mass is 79.9. The molecule has 0 radical (unpaired) electrons. The fraction of sp³-hybridized carbons (Fsp3) is 0.588. The molecule has 0 bridgehead atoms. The second-order valence-corrected chi connectivity index (χ2v) is 7.14. The van der Waals surface area contributed by atoms with Crippen molar-refractivity contribution in [3.8, 4) is 0 Å². The molecule has 0 aromatic heterocycles. The Hall–Kier alpha value is -0.870. The van der Waals surface area contributed by atoms with Crippen LogP contribution in [0.5, 0.6) is 0 Å². The number of rotatable bonds is 3. The van der Waals surface area contributed by atoms with Crippen LogP contribution in [0.1, 0.15) is 31.2 Å². The van der Waals surface area contributed by atoms with E-state index in [0.717, 1.165) is 41.9 Å². The molecule has 1 N–H and O–H groups in total. The van der Waals surface area contributed by atoms with Gasteiger partial charge in [-0.05, 0) is 55.8 Å². The molecule has 3 nitrogen and oxygen atoms in total. The topological polar surface area (TPSA) is 32.3 Å². The van der Waals surface area contributed by atoms with Crippen LogP contribution in [0.4, 0.5) is 0 Å². The highest BCUT2D eigenvalue weighted by molar-refractivity contribution is 9.10. The summed E-state index contributed by atoms with van der Waals surface area (Å²) in [4.78, 5) is 14.4. The summed E-state index contributed by atoms with van der Waals surface area (Å²) in [5.74, 6) is 1.04. The molecule has 0 saturated carbocycles. The Morgan fingerprint density at radius 2 is 2.10 bits per heavy atom. The summed E-state index contributed by atoms with van der Waals surface area (Å²) in [6.07, 6.45) is 5.46. The van der Waals surface area contributed by atoms with Crippen molar-refractivity contribution in [3.05, 3.63) is 34.3 Å². The van der Waals surface area contributed by atoms with Gasteiger partial charge in [-0.3, -0.25) is 4.79 Å². The Morgan fingerprint density at radius 3 is 2.76 bits per heavy atom. The van der Waals surface area contributed by atoms with Crippen LogP contribution in [0.15, 0.2) is 28.7 Å². The minimum absolute atomic E-state index is 0.269. The number of carbonyl (C=O) groups is 1. The van der Waals surface area contributed by atoms with Crippen LogP contribution < -0.4 is 5.32 Å². The molecule has 1 aromatic carbocycles. The first-order chi connectivity index (χ1) is 10.2. The quantitative estimate of drug-likeness (QED) is 0.908. The SMILES string of the molecule is O=C(Cc1cccc(Br)c1)N1CCC(C2CCCN2)CC1. The van der Waals surface area contributed by atoms with Crippen molar-refractivity contribution >= 4 is 21.8 Å². The van der Waals surface area contributed by atoms with Crippen molar-refractivity contribution in [2.24, 2.45) is 5.92 Å². The van der Waals surface area contributed by atoms with Gasteiger partial charge in [-0.1, -0.05) is 28.1 Å². The molecule has 2 aliphatic rings. The number of nitrogens with zero attached hydrogens (tertiary/aromatic N) is 1. The molecule has 2 saturated heterocycles. The molecule has 2 fully saturated rings. The largest absolute Gasteiger partial charge is 0.342 e. The maximum absolute atomic E-state index is 12.4. The number of benzene rings is 1. The minimum Gasteiger partial charge on any atom is -0.342 e. The Balaban J connectivity index is 1.50. The lowest BCUT2D eigenvalue weighted by Gasteiger charge is -2.35. The number of nitrogens with one attached hydrogen (secondary N) is 1. The van der Waals surface area contributed by atoms with Gasteiger partial charge in [0.2, 0.25) is 5.91 Å². The fourth-order valence-corrected chi connectivity index (χ4v) is 4.05. The van der Waals surface area contributed by atoms with E-state index in [1.54, 1.807) is 0 Å². The van der Waals surface area contributed by atoms with Gasteiger partial charge in [0.15, 0.2) is 0 Å². The van der Waals surface area contributed by atoms with E-state index < -0.39 is 0 Å². The van der Waals surface area contributed by atoms with Crippen LogP contribution >= 0.6 is 15.9 Å². The average Bonchev–Trinajstić information content (AvgIpc) is 3.01. The Morgan fingerprint density at radius 1 is 1.29 bits per heavy atom. The number of carbonyl (C=O) groups excluding carboxylic acids is 1. The predicted octanol–water partition coefficient (Wildman–Crippen LogP) is 2.98. The molecule has 4 heteroatoms. The van der Waals surface area contributed by atoms with E-state index in [-0.39, 0.29) is 5.91 Å². The van der Waals surface area contributed by atoms with Gasteiger partial charge < -0.3 is 10.2 Å². The zero-order valence-corrected chi connectivity index (χ0v) is 13.9. The third kappa shape index (κ3) is 3.86. The van der Waals surface area contributed by atoms with Crippen LogP contribution in [0.3, 0.4) is 0 Å². The summed E-state index contributed by atoms with van der Waals surface area (Å²) in [6.45, 7) is 3.03. The smallest absolute Gasteiger partial charge is 0.226 e. The van der Waals surface area contributed by atoms with Crippen LogP contribution in [-0.4, -0.2) is 36.5 Å². The van der Waals surface area contributed by atoms with Crippen molar-refractivity contribution in [2.45, 2.75) is 38.1 Å². The van der Waals surface area contributed by atoms with Gasteiger partial charge in [-0.15, -0.1) is 0 Å². The number of amides is 1. The van der Waals surface area contributed by atoms with Gasteiger partial charge in [-0.2, -0.15) is 0 Å². The van der Waals surface area contributed by atoms with Crippen LogP contribution in [0.2, 0.25) is 0 Å². The average molecular weight is 351 g/mol. The molecule has 21 heavy (non-hydrogen) atoms. The third-order valence-electron chi connectivity index (χ3n) is 4.80. The fourth-order valence-electron chi connectivity index (χ4n) is 3.60. The van der Waals surface area contributed by atoms with Gasteiger partial charge in [-0.25, -0.2) is 0 Å². The standard InChI is InChI=1S/C17H23BrN2O/c18-15-4-1-3-13(11-15)12-17(21)20-9-6-14(7-10-20)16-5-2-8-19-16/h1,3-4,11,14,16,19H,2,5-10,12H2. The van der Waals surface area contributed by atoms with Crippen LogP contribution in [0, 0.1) is 5.92 Å². The minimum atomic E-state index is 0.269. The first-order valence-electron chi connectivity index (χ1n) is 7.98. The maximum Gasteiger partial charge on any atom is 0.226 e. The van der Waals surface area contributed by atoms with E-state index >= 15 is 0 Å². The van der Waals surface area contributed by atoms with E-state index in [1.807, 2.05) is 29.2 Å². The summed E-state index contributed by atoms with van der Waals surface area (Å²) in [6, 6.07) is 8.75. The van der Waals surface area contributed by atoms with Crippen molar-refractivity contribution in [3.63, 3.8) is 0 Å². The highest BCUT2D eigenvalue weighted by Gasteiger charge is 2.29. The summed E-state index contributed by atoms with van der Waals surface area (Å²) >= 11 is 3.46. The van der Waals surface area contributed by atoms with Gasteiger partial charge in [0.25, 0.3) is 0 Å². The van der Waals surface area contributed by atoms with Crippen LogP contribution in [-0.2, 0) is 11.2 Å². The van der Waals surface area contributed by atoms with Crippen molar-refractivity contribution < 1.29 is 4.79 Å². The van der Waals surface area contributed by atoms with Gasteiger partial charge in [0, 0.05) is 23.6 Å². The van der Waals surface area contributed by atoms with E-state index in [0.29, 0.717) is 12.5 Å². The Bertz CT molecular complexity index is 491. The number of halogens is 1. The molecular weight excluding hydrogens is 328 g/mol. The number of hydrogen-bond acceptors (Lipinski definition) is 2. The van der Waals surface area contributed by atoms with Gasteiger partial charge in [0.1, 0.15) is 0 Å². The predicted molar refractivity (Wildman–Crippen MR) is 88.2 cm³/mol. The lowest BCUT2D eigenvalue weighted by Crippen LogP contribution is -2.43. The molecule has 1 aromatic rings. The summed E-state index contributed by atoms with van der Waals surface area (Å²) in [5.41, 5.74) is 1.09. The van der Waals surface area contributed by atoms with Crippen molar-refractivity contribution in [2.75, 3.05) is 19.6 Å². The second-order valence-electron chi connectivity index (χ2n) is 6.23. The molecule has 2 heterocycles. The van der Waals surface area contributed by atoms with Gasteiger partial charge in [0.05, 0.1) is 6.42 Å². The van der Waals surface area contributed by atoms with Crippen molar-refractivity contribution in [1.82, 2.24) is 10.2 Å². The van der Waals surface area contributed by atoms with Gasteiger partial charge >= 0.3 is 0 Å². The Labute approximate surface area is 135 Å². The molecule has 114 valence electrons. The monoisotopic (exact) mass is 350 g/mol. The highest BCUT2D eigenvalue weighted by Crippen LogP contribution is 2.26. The molecule has 0 aliphatic carbocycles. The maximum atomic E-state index is 12.4. The molecule has 3 rings (SSSR count). The molecule has 1 atom stereocenters. The summed E-state index contributed by atoms with van der Waals surface area (Å²) in [5, 5.41) is 3.61. The number of piperidine rings is 1. The molecule has 1 unspecified atom stereocenters. The molecule has 2 aliphatic heterocycles. The lowest BCUT2D eigenvalue weighted by molar-refractivity contribution is -0.132. The first-order valence-corrected chi connectivity index (χ1v) is 8.77. The second kappa shape index (κ2) is 6.93. The molecule has 0 spiro atoms. The first kappa shape index (κ1) is 15.0. The summed E-state index contributed by atoms with van der Waals surface area (Å²) in [7, 11) is 0. The van der Waals surface area contributed by atoms with E-state index in [9.17, 15) is 4.79 Å². The lowest BCUT2D eigenvalue weighted by atomic mass is 9.88. The summed E-state index contributed by atoms with van der Waals surface area (Å²) < 4.78 is 1.04. The van der Waals surface area contributed by atoms with Crippen LogP contribution in [0.25, 0.3) is 0 Å². The number of likely N-dealkylation sites (tertiary alicyclic amines) is 1. The van der Waals surface area contributed by atoms with E-state index in [1.165, 1.54) is 19.4 Å². The number of hydrogen-bond donors (Lipinski definition) is 1. The Kier molecular flexibility index (Phi) is 4.96. The molecular formula is C17H23BrN2O. The van der Waals surface area contributed by atoms with E-state index in [2.05, 4.69) is 21.2 Å². The zero-order valence-electron chi connectivity index (χ0n) is 12.4. The normalized spacial score (nSPS) is 23.5. The van der Waals surface area contributed by atoms with Crippen molar-refractivity contribution in [1.29, 1.82) is 0 Å². The third-order valence-corrected chi connectivity index (χ3v) is 5.30. The zero-order chi connectivity index (χ0) is 14.7. The van der Waals surface area contributed by atoms with E-state index in [4.69, 9.17) is 0 Å². The molecule has 1 amide bonds.